The quantitative estimate of drug-likeness (QED) is 0.258. The number of likely N-dealkylation sites (N-methyl/N-ethyl adjacent to an activating group) is 1. The third kappa shape index (κ3) is 7.51. The largest absolute Gasteiger partial charge is 0.443 e. The van der Waals surface area contributed by atoms with Crippen molar-refractivity contribution in [3.05, 3.63) is 43.2 Å². The van der Waals surface area contributed by atoms with Crippen LogP contribution in [-0.4, -0.2) is 58.1 Å². The summed E-state index contributed by atoms with van der Waals surface area (Å²) in [5, 5.41) is 8.64. The monoisotopic (exact) mass is 728 g/mol. The fourth-order valence-electron chi connectivity index (χ4n) is 7.11. The summed E-state index contributed by atoms with van der Waals surface area (Å²) in [7, 11) is 1.23. The highest BCUT2D eigenvalue weighted by atomic mass is 79.9. The zero-order chi connectivity index (χ0) is 33.3. The molecule has 4 fully saturated rings. The van der Waals surface area contributed by atoms with Crippen LogP contribution in [-0.2, 0) is 31.9 Å². The summed E-state index contributed by atoms with van der Waals surface area (Å²) in [6.45, 7) is -0.285. The van der Waals surface area contributed by atoms with Gasteiger partial charge in [0.15, 0.2) is 5.01 Å². The molecular weight excluding hydrogens is 697 g/mol. The van der Waals surface area contributed by atoms with Crippen LogP contribution in [0.3, 0.4) is 0 Å². The molecular formula is C29H32BrF3N6O6S. The molecule has 0 spiro atoms. The third-order valence-electron chi connectivity index (χ3n) is 8.94. The number of aromatic nitrogens is 2. The highest BCUT2D eigenvalue weighted by Gasteiger charge is 2.48. The second-order valence-corrected chi connectivity index (χ2v) is 13.8. The van der Waals surface area contributed by atoms with Crippen molar-refractivity contribution in [3.63, 3.8) is 0 Å². The van der Waals surface area contributed by atoms with Gasteiger partial charge in [0.25, 0.3) is 17.4 Å². The van der Waals surface area contributed by atoms with E-state index in [9.17, 15) is 41.9 Å². The molecule has 248 valence electrons. The number of ketones is 1. The number of thiazole rings is 1. The average Bonchev–Trinajstić information content (AvgIpc) is 3.40. The molecule has 2 aromatic heterocycles. The molecule has 6 rings (SSSR count). The third-order valence-corrected chi connectivity index (χ3v) is 10.9. The summed E-state index contributed by atoms with van der Waals surface area (Å²) in [4.78, 5) is 79.1. The number of halogens is 4. The molecule has 4 amide bonds. The first-order chi connectivity index (χ1) is 21.7. The van der Waals surface area contributed by atoms with Gasteiger partial charge in [0, 0.05) is 25.7 Å². The number of rotatable bonds is 11. The van der Waals surface area contributed by atoms with E-state index >= 15 is 0 Å². The van der Waals surface area contributed by atoms with E-state index in [0.717, 1.165) is 42.1 Å². The van der Waals surface area contributed by atoms with Crippen molar-refractivity contribution < 1.29 is 37.1 Å². The van der Waals surface area contributed by atoms with Gasteiger partial charge in [0.05, 0.1) is 0 Å². The first-order valence-electron chi connectivity index (χ1n) is 14.8. The predicted octanol–water partition coefficient (Wildman–Crippen LogP) is 2.86. The van der Waals surface area contributed by atoms with Crippen molar-refractivity contribution in [1.82, 2.24) is 25.5 Å². The number of Topliss-reactive ketones (excluding diaryl/α,β-unsaturated/α-hetero) is 1. The molecule has 4 N–H and O–H groups in total. The molecule has 4 aliphatic rings. The highest BCUT2D eigenvalue weighted by Crippen LogP contribution is 2.53. The Morgan fingerprint density at radius 3 is 2.33 bits per heavy atom. The number of carbonyl (C=O) groups is 5. The van der Waals surface area contributed by atoms with Crippen LogP contribution in [0.4, 0.5) is 18.9 Å². The standard InChI is InChI=1S/C29H32BrF3N6O6S/c1-34-25(43)19(40)5-4-17(35-26(44)22-23(30)38-28(46-22)29(31,32)33)24(42)36-18-3-2-6-39(27(18)45)12-20(41)37-21-15-8-13-7-14(10-15)11-16(21)9-13/h2-3,6,13-17,21H,4-5,7-12H2,1H3,(H,34,43)(H,35,44)(H,36,42)(H,37,41)/t13?,14?,15?,16?,17-,21?/m0/s1. The highest BCUT2D eigenvalue weighted by molar-refractivity contribution is 9.10. The Morgan fingerprint density at radius 2 is 1.74 bits per heavy atom. The number of pyridine rings is 1. The lowest BCUT2D eigenvalue weighted by atomic mass is 9.54. The molecule has 2 heterocycles. The van der Waals surface area contributed by atoms with E-state index in [1.165, 1.54) is 31.8 Å². The summed E-state index contributed by atoms with van der Waals surface area (Å²) in [5.41, 5.74) is -0.937. The van der Waals surface area contributed by atoms with Crippen LogP contribution >= 0.6 is 27.3 Å². The van der Waals surface area contributed by atoms with Crippen molar-refractivity contribution in [2.24, 2.45) is 23.7 Å². The molecule has 0 aromatic carbocycles. The summed E-state index contributed by atoms with van der Waals surface area (Å²) in [5.74, 6) is -1.89. The Labute approximate surface area is 273 Å². The van der Waals surface area contributed by atoms with Crippen LogP contribution in [0.5, 0.6) is 0 Å². The van der Waals surface area contributed by atoms with Gasteiger partial charge in [-0.2, -0.15) is 13.2 Å². The lowest BCUT2D eigenvalue weighted by Crippen LogP contribution is -2.56. The molecule has 17 heteroatoms. The average molecular weight is 730 g/mol. The number of hydrogen-bond donors (Lipinski definition) is 4. The maximum atomic E-state index is 13.3. The normalized spacial score (nSPS) is 23.8. The van der Waals surface area contributed by atoms with Gasteiger partial charge in [0.1, 0.15) is 27.8 Å². The first kappa shape index (κ1) is 33.8. The number of carbonyl (C=O) groups excluding carboxylic acids is 5. The van der Waals surface area contributed by atoms with Crippen LogP contribution in [0.15, 0.2) is 27.7 Å². The number of anilines is 1. The van der Waals surface area contributed by atoms with Crippen molar-refractivity contribution in [1.29, 1.82) is 0 Å². The van der Waals surface area contributed by atoms with Crippen LogP contribution in [0.25, 0.3) is 0 Å². The van der Waals surface area contributed by atoms with Crippen molar-refractivity contribution in [3.8, 4) is 0 Å². The van der Waals surface area contributed by atoms with Crippen LogP contribution in [0.1, 0.15) is 59.6 Å². The van der Waals surface area contributed by atoms with Crippen LogP contribution in [0, 0.1) is 23.7 Å². The molecule has 0 aliphatic heterocycles. The van der Waals surface area contributed by atoms with Crippen LogP contribution in [0.2, 0.25) is 0 Å². The maximum Gasteiger partial charge on any atom is 0.443 e. The minimum Gasteiger partial charge on any atom is -0.353 e. The van der Waals surface area contributed by atoms with E-state index in [4.69, 9.17) is 0 Å². The first-order valence-corrected chi connectivity index (χ1v) is 16.4. The zero-order valence-electron chi connectivity index (χ0n) is 24.6. The number of nitrogens with zero attached hydrogens (tertiary/aromatic N) is 2. The van der Waals surface area contributed by atoms with Gasteiger partial charge in [-0.25, -0.2) is 4.98 Å². The Kier molecular flexibility index (Phi) is 10.0. The molecule has 4 saturated carbocycles. The number of nitrogens with one attached hydrogen (secondary N) is 4. The van der Waals surface area contributed by atoms with E-state index in [-0.39, 0.29) is 35.5 Å². The SMILES string of the molecule is CNC(=O)C(=O)CC[C@H](NC(=O)c1sc(C(F)(F)F)nc1Br)C(=O)Nc1cccn(CC(=O)NC2C3CC4CC(C3)CC2C4)c1=O. The Hall–Kier alpha value is -3.60. The van der Waals surface area contributed by atoms with Gasteiger partial charge in [-0.15, -0.1) is 11.3 Å². The Balaban J connectivity index is 1.27. The second-order valence-electron chi connectivity index (χ2n) is 12.1. The fourth-order valence-corrected chi connectivity index (χ4v) is 8.55. The molecule has 46 heavy (non-hydrogen) atoms. The molecule has 0 radical (unpaired) electrons. The Morgan fingerprint density at radius 1 is 1.09 bits per heavy atom. The smallest absolute Gasteiger partial charge is 0.353 e. The van der Waals surface area contributed by atoms with Crippen molar-refractivity contribution in [2.45, 2.75) is 69.8 Å². The Bertz CT molecular complexity index is 1580. The molecule has 12 nitrogen and oxygen atoms in total. The summed E-state index contributed by atoms with van der Waals surface area (Å²) in [6, 6.07) is 1.27. The predicted molar refractivity (Wildman–Crippen MR) is 163 cm³/mol. The van der Waals surface area contributed by atoms with E-state index in [2.05, 4.69) is 42.2 Å². The molecule has 4 aliphatic carbocycles. The number of amides is 4. The second kappa shape index (κ2) is 13.6. The van der Waals surface area contributed by atoms with Crippen molar-refractivity contribution >= 4 is 62.4 Å². The molecule has 0 unspecified atom stereocenters. The molecule has 4 bridgehead atoms. The van der Waals surface area contributed by atoms with Crippen molar-refractivity contribution in [2.75, 3.05) is 12.4 Å². The lowest BCUT2D eigenvalue weighted by molar-refractivity contribution is -0.137. The van der Waals surface area contributed by atoms with Gasteiger partial charge in [0.2, 0.25) is 17.6 Å². The van der Waals surface area contributed by atoms with Gasteiger partial charge in [-0.05, 0) is 90.3 Å². The van der Waals surface area contributed by atoms with Crippen LogP contribution < -0.4 is 26.8 Å². The van der Waals surface area contributed by atoms with E-state index in [1.807, 2.05) is 0 Å². The van der Waals surface area contributed by atoms with E-state index < -0.39 is 68.6 Å². The van der Waals surface area contributed by atoms with Gasteiger partial charge in [-0.3, -0.25) is 28.8 Å². The topological polar surface area (TPSA) is 168 Å². The number of hydrogen-bond acceptors (Lipinski definition) is 8. The molecule has 1 atom stereocenters. The summed E-state index contributed by atoms with van der Waals surface area (Å²) < 4.78 is 40.1. The van der Waals surface area contributed by atoms with Gasteiger partial charge < -0.3 is 25.8 Å². The fraction of sp³-hybridized carbons (Fsp3) is 0.552. The van der Waals surface area contributed by atoms with E-state index in [0.29, 0.717) is 11.8 Å². The van der Waals surface area contributed by atoms with E-state index in [1.54, 1.807) is 0 Å². The summed E-state index contributed by atoms with van der Waals surface area (Å²) >= 11 is 2.87. The zero-order valence-corrected chi connectivity index (χ0v) is 27.0. The summed E-state index contributed by atoms with van der Waals surface area (Å²) in [6.07, 6.45) is 1.37. The van der Waals surface area contributed by atoms with Gasteiger partial charge >= 0.3 is 6.18 Å². The minimum absolute atomic E-state index is 0.0459. The molecule has 2 aromatic rings. The maximum absolute atomic E-state index is 13.3. The van der Waals surface area contributed by atoms with Gasteiger partial charge in [-0.1, -0.05) is 0 Å². The number of alkyl halides is 3. The minimum atomic E-state index is -4.82. The lowest BCUT2D eigenvalue weighted by Gasteiger charge is -2.54. The molecule has 0 saturated heterocycles.